The fraction of sp³-hybridized carbons (Fsp3) is 0.250. The lowest BCUT2D eigenvalue weighted by atomic mass is 9.87. The van der Waals surface area contributed by atoms with Gasteiger partial charge in [-0.2, -0.15) is 0 Å². The molecular formula is C28H29N3O2S. The minimum Gasteiger partial charge on any atom is -0.497 e. The topological polar surface area (TPSA) is 57.0 Å². The van der Waals surface area contributed by atoms with Crippen LogP contribution in [-0.4, -0.2) is 33.4 Å². The Bertz CT molecular complexity index is 1270. The first-order valence-electron chi connectivity index (χ1n) is 11.2. The Labute approximate surface area is 205 Å². The molecule has 0 fully saturated rings. The normalized spacial score (nSPS) is 11.4. The summed E-state index contributed by atoms with van der Waals surface area (Å²) in [6, 6.07) is 23.8. The van der Waals surface area contributed by atoms with Crippen LogP contribution >= 0.6 is 11.8 Å². The lowest BCUT2D eigenvalue weighted by Gasteiger charge is -2.19. The van der Waals surface area contributed by atoms with Crippen LogP contribution in [0.2, 0.25) is 0 Å². The van der Waals surface area contributed by atoms with Gasteiger partial charge in [-0.1, -0.05) is 86.6 Å². The summed E-state index contributed by atoms with van der Waals surface area (Å²) in [6.07, 6.45) is 0. The van der Waals surface area contributed by atoms with E-state index in [9.17, 15) is 4.79 Å². The quantitative estimate of drug-likeness (QED) is 0.227. The number of thioether (sulfide) groups is 1. The molecule has 1 aromatic heterocycles. The molecule has 0 spiro atoms. The first kappa shape index (κ1) is 23.8. The molecule has 0 aliphatic rings. The van der Waals surface area contributed by atoms with Crippen molar-refractivity contribution >= 4 is 17.5 Å². The van der Waals surface area contributed by atoms with Crippen LogP contribution in [0, 0.1) is 6.92 Å². The van der Waals surface area contributed by atoms with Crippen LogP contribution in [0.15, 0.2) is 78.0 Å². The molecule has 0 saturated heterocycles. The van der Waals surface area contributed by atoms with Crippen LogP contribution < -0.4 is 4.74 Å². The molecule has 0 radical (unpaired) electrons. The fourth-order valence-corrected chi connectivity index (χ4v) is 4.43. The van der Waals surface area contributed by atoms with Crippen LogP contribution in [0.4, 0.5) is 0 Å². The highest BCUT2D eigenvalue weighted by Crippen LogP contribution is 2.31. The largest absolute Gasteiger partial charge is 0.497 e. The number of carbonyl (C=O) groups is 1. The zero-order valence-electron chi connectivity index (χ0n) is 20.2. The molecule has 4 aromatic rings. The first-order chi connectivity index (χ1) is 16.3. The fourth-order valence-electron chi connectivity index (χ4n) is 3.59. The third-order valence-electron chi connectivity index (χ3n) is 5.68. The predicted molar refractivity (Wildman–Crippen MR) is 138 cm³/mol. The summed E-state index contributed by atoms with van der Waals surface area (Å²) in [7, 11) is 1.65. The van der Waals surface area contributed by atoms with E-state index in [1.165, 1.54) is 17.3 Å². The molecule has 0 amide bonds. The molecule has 0 bridgehead atoms. The Morgan fingerprint density at radius 2 is 1.56 bits per heavy atom. The number of rotatable bonds is 7. The van der Waals surface area contributed by atoms with Crippen LogP contribution in [0.25, 0.3) is 17.1 Å². The summed E-state index contributed by atoms with van der Waals surface area (Å²) >= 11 is 1.39. The maximum atomic E-state index is 12.8. The van der Waals surface area contributed by atoms with Gasteiger partial charge in [-0.05, 0) is 42.2 Å². The average molecular weight is 472 g/mol. The van der Waals surface area contributed by atoms with Gasteiger partial charge in [0.05, 0.1) is 12.9 Å². The minimum atomic E-state index is 0.0605. The third kappa shape index (κ3) is 5.23. The molecule has 174 valence electrons. The number of benzene rings is 3. The van der Waals surface area contributed by atoms with E-state index in [2.05, 4.69) is 55.2 Å². The Kier molecular flexibility index (Phi) is 6.89. The second-order valence-electron chi connectivity index (χ2n) is 9.24. The highest BCUT2D eigenvalue weighted by molar-refractivity contribution is 7.99. The summed E-state index contributed by atoms with van der Waals surface area (Å²) in [4.78, 5) is 12.8. The third-order valence-corrected chi connectivity index (χ3v) is 6.61. The first-order valence-corrected chi connectivity index (χ1v) is 12.2. The lowest BCUT2D eigenvalue weighted by molar-refractivity contribution is 0.102. The van der Waals surface area contributed by atoms with Gasteiger partial charge in [-0.3, -0.25) is 9.36 Å². The Morgan fingerprint density at radius 1 is 0.912 bits per heavy atom. The van der Waals surface area contributed by atoms with Crippen molar-refractivity contribution in [2.24, 2.45) is 0 Å². The molecule has 34 heavy (non-hydrogen) atoms. The molecule has 0 unspecified atom stereocenters. The molecule has 6 heteroatoms. The van der Waals surface area contributed by atoms with E-state index in [0.717, 1.165) is 28.4 Å². The monoisotopic (exact) mass is 471 g/mol. The van der Waals surface area contributed by atoms with Crippen molar-refractivity contribution < 1.29 is 9.53 Å². The Hall–Kier alpha value is -3.38. The van der Waals surface area contributed by atoms with Crippen molar-refractivity contribution in [3.05, 3.63) is 89.5 Å². The number of nitrogens with zero attached hydrogens (tertiary/aromatic N) is 3. The number of ether oxygens (including phenoxy) is 1. The molecular weight excluding hydrogens is 442 g/mol. The van der Waals surface area contributed by atoms with Gasteiger partial charge in [-0.15, -0.1) is 10.2 Å². The summed E-state index contributed by atoms with van der Waals surface area (Å²) in [5.74, 6) is 1.85. The van der Waals surface area contributed by atoms with Gasteiger partial charge < -0.3 is 4.74 Å². The SMILES string of the molecule is COc1ccc(-n2c(SCC(=O)c3ccc(C)cc3)nnc2-c2ccc(C(C)(C)C)cc2)cc1. The minimum absolute atomic E-state index is 0.0605. The molecule has 0 aliphatic carbocycles. The van der Waals surface area contributed by atoms with E-state index >= 15 is 0 Å². The van der Waals surface area contributed by atoms with Crippen molar-refractivity contribution in [1.82, 2.24) is 14.8 Å². The summed E-state index contributed by atoms with van der Waals surface area (Å²) in [6.45, 7) is 8.60. The zero-order valence-corrected chi connectivity index (χ0v) is 21.0. The number of hydrogen-bond acceptors (Lipinski definition) is 5. The van der Waals surface area contributed by atoms with Crippen molar-refractivity contribution in [3.63, 3.8) is 0 Å². The van der Waals surface area contributed by atoms with Gasteiger partial charge in [0.15, 0.2) is 16.8 Å². The maximum absolute atomic E-state index is 12.8. The molecule has 4 rings (SSSR count). The molecule has 3 aromatic carbocycles. The van der Waals surface area contributed by atoms with Gasteiger partial charge in [0.1, 0.15) is 5.75 Å². The summed E-state index contributed by atoms with van der Waals surface area (Å²) in [5, 5.41) is 9.63. The lowest BCUT2D eigenvalue weighted by Crippen LogP contribution is -2.10. The van der Waals surface area contributed by atoms with Gasteiger partial charge >= 0.3 is 0 Å². The van der Waals surface area contributed by atoms with Gasteiger partial charge in [0, 0.05) is 16.8 Å². The second-order valence-corrected chi connectivity index (χ2v) is 10.2. The standard InChI is InChI=1S/C28H29N3O2S/c1-19-6-8-20(9-7-19)25(32)18-34-27-30-29-26(21-10-12-22(13-11-21)28(2,3)4)31(27)23-14-16-24(33-5)17-15-23/h6-17H,18H2,1-5H3. The van der Waals surface area contributed by atoms with Gasteiger partial charge in [-0.25, -0.2) is 0 Å². The molecule has 5 nitrogen and oxygen atoms in total. The van der Waals surface area contributed by atoms with E-state index in [4.69, 9.17) is 4.74 Å². The number of aryl methyl sites for hydroxylation is 1. The van der Waals surface area contributed by atoms with Crippen molar-refractivity contribution in [2.45, 2.75) is 38.3 Å². The molecule has 0 aliphatic heterocycles. The number of aromatic nitrogens is 3. The van der Waals surface area contributed by atoms with Crippen molar-refractivity contribution in [2.75, 3.05) is 12.9 Å². The number of carbonyl (C=O) groups excluding carboxylic acids is 1. The van der Waals surface area contributed by atoms with Crippen LogP contribution in [-0.2, 0) is 5.41 Å². The predicted octanol–water partition coefficient (Wildman–Crippen LogP) is 6.52. The highest BCUT2D eigenvalue weighted by Gasteiger charge is 2.19. The summed E-state index contributed by atoms with van der Waals surface area (Å²) in [5.41, 5.74) is 5.03. The number of Topliss-reactive ketones (excluding diaryl/α,β-unsaturated/α-hetero) is 1. The molecule has 1 heterocycles. The number of hydrogen-bond donors (Lipinski definition) is 0. The van der Waals surface area contributed by atoms with Crippen molar-refractivity contribution in [1.29, 1.82) is 0 Å². The van der Waals surface area contributed by atoms with Gasteiger partial charge in [0.25, 0.3) is 0 Å². The van der Waals surface area contributed by atoms with E-state index in [-0.39, 0.29) is 17.0 Å². The van der Waals surface area contributed by atoms with E-state index in [1.807, 2.05) is 60.0 Å². The van der Waals surface area contributed by atoms with Crippen LogP contribution in [0.1, 0.15) is 42.3 Å². The smallest absolute Gasteiger partial charge is 0.196 e. The van der Waals surface area contributed by atoms with Gasteiger partial charge in [0.2, 0.25) is 0 Å². The van der Waals surface area contributed by atoms with Crippen molar-refractivity contribution in [3.8, 4) is 22.8 Å². The zero-order chi connectivity index (χ0) is 24.3. The second kappa shape index (κ2) is 9.85. The van der Waals surface area contributed by atoms with E-state index in [0.29, 0.717) is 10.7 Å². The Morgan fingerprint density at radius 3 is 2.15 bits per heavy atom. The maximum Gasteiger partial charge on any atom is 0.196 e. The van der Waals surface area contributed by atoms with Crippen LogP contribution in [0.3, 0.4) is 0 Å². The average Bonchev–Trinajstić information content (AvgIpc) is 3.26. The molecule has 0 saturated carbocycles. The van der Waals surface area contributed by atoms with Crippen LogP contribution in [0.5, 0.6) is 5.75 Å². The van der Waals surface area contributed by atoms with E-state index < -0.39 is 0 Å². The Balaban J connectivity index is 1.68. The number of methoxy groups -OCH3 is 1. The summed E-state index contributed by atoms with van der Waals surface area (Å²) < 4.78 is 7.32. The molecule has 0 atom stereocenters. The van der Waals surface area contributed by atoms with E-state index in [1.54, 1.807) is 7.11 Å². The number of ketones is 1. The molecule has 0 N–H and O–H groups in total. The highest BCUT2D eigenvalue weighted by atomic mass is 32.2.